The van der Waals surface area contributed by atoms with Crippen LogP contribution in [0.3, 0.4) is 0 Å². The number of ether oxygens (including phenoxy) is 2. The van der Waals surface area contributed by atoms with Gasteiger partial charge in [-0.05, 0) is 41.5 Å². The van der Waals surface area contributed by atoms with Gasteiger partial charge in [0.15, 0.2) is 0 Å². The van der Waals surface area contributed by atoms with Crippen molar-refractivity contribution in [3.05, 3.63) is 18.0 Å². The molecule has 0 radical (unpaired) electrons. The second kappa shape index (κ2) is 9.57. The molecule has 0 aliphatic carbocycles. The van der Waals surface area contributed by atoms with Crippen LogP contribution in [-0.2, 0) is 16.0 Å². The van der Waals surface area contributed by atoms with Crippen LogP contribution in [0.25, 0.3) is 0 Å². The molecule has 1 aliphatic heterocycles. The molecule has 0 bridgehead atoms. The Morgan fingerprint density at radius 2 is 1.67 bits per heavy atom. The van der Waals surface area contributed by atoms with Crippen molar-refractivity contribution in [3.63, 3.8) is 0 Å². The van der Waals surface area contributed by atoms with Crippen LogP contribution in [0.5, 0.6) is 0 Å². The highest BCUT2D eigenvalue weighted by Crippen LogP contribution is 2.17. The first kappa shape index (κ1) is 23.8. The molecule has 2 N–H and O–H groups in total. The molecule has 2 rings (SSSR count). The van der Waals surface area contributed by atoms with Crippen LogP contribution in [0.15, 0.2) is 12.4 Å². The number of aliphatic hydroxyl groups is 1. The van der Waals surface area contributed by atoms with E-state index < -0.39 is 23.4 Å². The van der Waals surface area contributed by atoms with Gasteiger partial charge in [0.2, 0.25) is 5.95 Å². The van der Waals surface area contributed by atoms with Crippen LogP contribution in [0, 0.1) is 0 Å². The fourth-order valence-corrected chi connectivity index (χ4v) is 2.74. The number of hydrogen-bond donors (Lipinski definition) is 2. The number of rotatable bonds is 4. The summed E-state index contributed by atoms with van der Waals surface area (Å²) >= 11 is 0. The van der Waals surface area contributed by atoms with Crippen LogP contribution in [-0.4, -0.2) is 75.6 Å². The van der Waals surface area contributed by atoms with E-state index in [9.17, 15) is 14.7 Å². The maximum atomic E-state index is 12.6. The van der Waals surface area contributed by atoms with E-state index in [1.807, 2.05) is 4.90 Å². The lowest BCUT2D eigenvalue weighted by atomic mass is 10.2. The number of nitrogens with zero attached hydrogens (tertiary/aromatic N) is 4. The number of piperazine rings is 1. The molecule has 10 heteroatoms. The molecule has 1 saturated heterocycles. The normalized spacial score (nSPS) is 17.4. The van der Waals surface area contributed by atoms with Gasteiger partial charge in [-0.15, -0.1) is 0 Å². The highest BCUT2D eigenvalue weighted by atomic mass is 16.6. The van der Waals surface area contributed by atoms with E-state index >= 15 is 0 Å². The van der Waals surface area contributed by atoms with Gasteiger partial charge in [-0.25, -0.2) is 24.5 Å². The van der Waals surface area contributed by atoms with Gasteiger partial charge in [0.25, 0.3) is 0 Å². The Morgan fingerprint density at radius 1 is 1.13 bits per heavy atom. The summed E-state index contributed by atoms with van der Waals surface area (Å²) in [6.07, 6.45) is 1.54. The lowest BCUT2D eigenvalue weighted by molar-refractivity contribution is -0.000274. The van der Waals surface area contributed by atoms with Gasteiger partial charge in [-0.3, -0.25) is 0 Å². The fraction of sp³-hybridized carbons (Fsp3) is 0.700. The minimum absolute atomic E-state index is 0.0307. The number of carbonyl (C=O) groups excluding carboxylic acids is 2. The van der Waals surface area contributed by atoms with E-state index in [0.717, 1.165) is 18.0 Å². The van der Waals surface area contributed by atoms with E-state index in [4.69, 9.17) is 9.47 Å². The Balaban J connectivity index is 2.14. The Bertz CT molecular complexity index is 699. The average Bonchev–Trinajstić information content (AvgIpc) is 2.63. The number of anilines is 1. The van der Waals surface area contributed by atoms with Crippen molar-refractivity contribution < 1.29 is 24.2 Å². The molecular weight excluding hydrogens is 390 g/mol. The van der Waals surface area contributed by atoms with Crippen molar-refractivity contribution in [2.45, 2.75) is 65.3 Å². The second-order valence-electron chi connectivity index (χ2n) is 9.22. The molecule has 1 aromatic heterocycles. The summed E-state index contributed by atoms with van der Waals surface area (Å²) in [5, 5.41) is 12.6. The standard InChI is InChI=1S/C20H33N5O5/c1-19(2,3)29-17(27)25(18(28)30-20(4,5)6)11-14-9-22-16(23-10-14)24-8-7-21-15(12-24)13-26/h9-10,15,21,26H,7-8,11-13H2,1-6H3/t15-/m0/s1. The van der Waals surface area contributed by atoms with Gasteiger partial charge >= 0.3 is 12.2 Å². The molecule has 1 fully saturated rings. The first-order valence-electron chi connectivity index (χ1n) is 10.0. The summed E-state index contributed by atoms with van der Waals surface area (Å²) in [7, 11) is 0. The van der Waals surface area contributed by atoms with Crippen LogP contribution in [0.2, 0.25) is 0 Å². The zero-order valence-corrected chi connectivity index (χ0v) is 18.6. The summed E-state index contributed by atoms with van der Waals surface area (Å²) < 4.78 is 10.7. The fourth-order valence-electron chi connectivity index (χ4n) is 2.74. The minimum Gasteiger partial charge on any atom is -0.443 e. The maximum Gasteiger partial charge on any atom is 0.420 e. The van der Waals surface area contributed by atoms with Gasteiger partial charge in [-0.2, -0.15) is 0 Å². The van der Waals surface area contributed by atoms with Crippen molar-refractivity contribution in [2.75, 3.05) is 31.1 Å². The lowest BCUT2D eigenvalue weighted by Crippen LogP contribution is -2.52. The molecule has 1 aromatic rings. The van der Waals surface area contributed by atoms with Crippen LogP contribution >= 0.6 is 0 Å². The van der Waals surface area contributed by atoms with Crippen LogP contribution in [0.1, 0.15) is 47.1 Å². The van der Waals surface area contributed by atoms with Crippen molar-refractivity contribution in [3.8, 4) is 0 Å². The number of nitrogens with one attached hydrogen (secondary N) is 1. The van der Waals surface area contributed by atoms with E-state index in [0.29, 0.717) is 18.1 Å². The van der Waals surface area contributed by atoms with Crippen molar-refractivity contribution in [1.82, 2.24) is 20.2 Å². The molecule has 2 heterocycles. The molecule has 1 atom stereocenters. The van der Waals surface area contributed by atoms with Gasteiger partial charge in [0.1, 0.15) is 11.2 Å². The monoisotopic (exact) mass is 423 g/mol. The topological polar surface area (TPSA) is 117 Å². The van der Waals surface area contributed by atoms with Gasteiger partial charge in [0.05, 0.1) is 13.2 Å². The SMILES string of the molecule is CC(C)(C)OC(=O)N(Cc1cnc(N2CCN[C@H](CO)C2)nc1)C(=O)OC(C)(C)C. The molecule has 0 aromatic carbocycles. The Morgan fingerprint density at radius 3 is 2.13 bits per heavy atom. The largest absolute Gasteiger partial charge is 0.443 e. The first-order chi connectivity index (χ1) is 13.9. The van der Waals surface area contributed by atoms with Crippen molar-refractivity contribution >= 4 is 18.1 Å². The summed E-state index contributed by atoms with van der Waals surface area (Å²) in [4.78, 5) is 36.8. The van der Waals surface area contributed by atoms with E-state index in [-0.39, 0.29) is 19.2 Å². The zero-order valence-electron chi connectivity index (χ0n) is 18.6. The third-order valence-electron chi connectivity index (χ3n) is 4.02. The summed E-state index contributed by atoms with van der Waals surface area (Å²) in [5.74, 6) is 0.528. The molecule has 0 saturated carbocycles. The predicted molar refractivity (Wildman–Crippen MR) is 111 cm³/mol. The average molecular weight is 424 g/mol. The molecule has 10 nitrogen and oxygen atoms in total. The molecule has 30 heavy (non-hydrogen) atoms. The smallest absolute Gasteiger partial charge is 0.420 e. The van der Waals surface area contributed by atoms with Crippen molar-refractivity contribution in [2.24, 2.45) is 0 Å². The first-order valence-corrected chi connectivity index (χ1v) is 10.0. The van der Waals surface area contributed by atoms with Gasteiger partial charge in [0, 0.05) is 43.6 Å². The highest BCUT2D eigenvalue weighted by Gasteiger charge is 2.31. The Hall–Kier alpha value is -2.46. The van der Waals surface area contributed by atoms with E-state index in [1.165, 1.54) is 0 Å². The third-order valence-corrected chi connectivity index (χ3v) is 4.02. The van der Waals surface area contributed by atoms with Crippen LogP contribution in [0.4, 0.5) is 15.5 Å². The third kappa shape index (κ3) is 7.42. The second-order valence-corrected chi connectivity index (χ2v) is 9.22. The number of amides is 2. The Labute approximate surface area is 177 Å². The Kier molecular flexibility index (Phi) is 7.59. The molecule has 0 unspecified atom stereocenters. The number of hydrogen-bond acceptors (Lipinski definition) is 9. The lowest BCUT2D eigenvalue weighted by Gasteiger charge is -2.32. The van der Waals surface area contributed by atoms with E-state index in [2.05, 4.69) is 15.3 Å². The summed E-state index contributed by atoms with van der Waals surface area (Å²) in [6.45, 7) is 12.3. The van der Waals surface area contributed by atoms with Crippen molar-refractivity contribution in [1.29, 1.82) is 0 Å². The maximum absolute atomic E-state index is 12.6. The zero-order chi connectivity index (χ0) is 22.5. The quantitative estimate of drug-likeness (QED) is 0.749. The highest BCUT2D eigenvalue weighted by molar-refractivity contribution is 5.88. The van der Waals surface area contributed by atoms with Gasteiger partial charge < -0.3 is 24.8 Å². The van der Waals surface area contributed by atoms with E-state index in [1.54, 1.807) is 53.9 Å². The molecule has 168 valence electrons. The van der Waals surface area contributed by atoms with Gasteiger partial charge in [-0.1, -0.05) is 0 Å². The number of imide groups is 1. The molecule has 0 spiro atoms. The minimum atomic E-state index is -0.797. The predicted octanol–water partition coefficient (Wildman–Crippen LogP) is 1.92. The molecule has 1 aliphatic rings. The summed E-state index contributed by atoms with van der Waals surface area (Å²) in [6, 6.07) is -0.0307. The van der Waals surface area contributed by atoms with Crippen LogP contribution < -0.4 is 10.2 Å². The molecular formula is C20H33N5O5. The molecule has 2 amide bonds. The number of carbonyl (C=O) groups is 2. The number of aromatic nitrogens is 2. The number of aliphatic hydroxyl groups excluding tert-OH is 1. The summed E-state index contributed by atoms with van der Waals surface area (Å²) in [5.41, 5.74) is -0.962.